The van der Waals surface area contributed by atoms with E-state index in [0.717, 1.165) is 18.8 Å². The smallest absolute Gasteiger partial charge is 0.0936 e. The molecule has 0 amide bonds. The Hall–Kier alpha value is -1.29. The van der Waals surface area contributed by atoms with Gasteiger partial charge in [-0.3, -0.25) is 0 Å². The second-order valence-corrected chi connectivity index (χ2v) is 6.26. The van der Waals surface area contributed by atoms with Gasteiger partial charge in [0, 0.05) is 17.3 Å². The summed E-state index contributed by atoms with van der Waals surface area (Å²) in [4.78, 5) is 1.31. The highest BCUT2D eigenvalue weighted by Crippen LogP contribution is 2.31. The van der Waals surface area contributed by atoms with Gasteiger partial charge in [0.05, 0.1) is 18.8 Å². The molecule has 2 aromatic rings. The Labute approximate surface area is 130 Å². The van der Waals surface area contributed by atoms with Crippen molar-refractivity contribution < 1.29 is 9.47 Å². The van der Waals surface area contributed by atoms with Gasteiger partial charge in [-0.15, -0.1) is 11.8 Å². The molecule has 1 aliphatic rings. The predicted molar refractivity (Wildman–Crippen MR) is 86.5 cm³/mol. The summed E-state index contributed by atoms with van der Waals surface area (Å²) in [6.45, 7) is 1.46. The standard InChI is InChI=1S/C18H20O2S/c1-3-7-15(8-4-1)13-19-12-11-17-18(20-17)14-21-16-9-5-2-6-10-16/h1-10,17-18H,11-14H2. The van der Waals surface area contributed by atoms with Crippen LogP contribution in [0.2, 0.25) is 0 Å². The molecule has 0 radical (unpaired) electrons. The van der Waals surface area contributed by atoms with Gasteiger partial charge in [0.1, 0.15) is 0 Å². The molecule has 3 rings (SSSR count). The third-order valence-electron chi connectivity index (χ3n) is 3.50. The van der Waals surface area contributed by atoms with E-state index < -0.39 is 0 Å². The van der Waals surface area contributed by atoms with E-state index in [1.165, 1.54) is 10.5 Å². The van der Waals surface area contributed by atoms with E-state index in [1.54, 1.807) is 0 Å². The first-order valence-corrected chi connectivity index (χ1v) is 8.35. The highest BCUT2D eigenvalue weighted by molar-refractivity contribution is 7.99. The van der Waals surface area contributed by atoms with E-state index in [2.05, 4.69) is 36.4 Å². The van der Waals surface area contributed by atoms with Crippen molar-refractivity contribution in [1.29, 1.82) is 0 Å². The Morgan fingerprint density at radius 2 is 1.62 bits per heavy atom. The first-order valence-electron chi connectivity index (χ1n) is 7.37. The van der Waals surface area contributed by atoms with Crippen LogP contribution in [0.25, 0.3) is 0 Å². The van der Waals surface area contributed by atoms with Crippen molar-refractivity contribution in [2.24, 2.45) is 0 Å². The zero-order chi connectivity index (χ0) is 14.3. The average molecular weight is 300 g/mol. The lowest BCUT2D eigenvalue weighted by Crippen LogP contribution is -2.03. The van der Waals surface area contributed by atoms with Crippen molar-refractivity contribution in [3.05, 3.63) is 66.2 Å². The van der Waals surface area contributed by atoms with Gasteiger partial charge in [0.2, 0.25) is 0 Å². The molecule has 1 heterocycles. The Kier molecular flexibility index (Phi) is 5.33. The molecule has 0 bridgehead atoms. The SMILES string of the molecule is c1ccc(COCCC2OC2CSc2ccccc2)cc1. The quantitative estimate of drug-likeness (QED) is 0.415. The van der Waals surface area contributed by atoms with E-state index in [9.17, 15) is 0 Å². The minimum absolute atomic E-state index is 0.386. The zero-order valence-electron chi connectivity index (χ0n) is 12.0. The van der Waals surface area contributed by atoms with Gasteiger partial charge in [-0.2, -0.15) is 0 Å². The minimum atomic E-state index is 0.386. The molecule has 1 aliphatic heterocycles. The van der Waals surface area contributed by atoms with Crippen LogP contribution in [-0.2, 0) is 16.1 Å². The number of epoxide rings is 1. The maximum atomic E-state index is 5.69. The van der Waals surface area contributed by atoms with Crippen LogP contribution in [0.4, 0.5) is 0 Å². The van der Waals surface area contributed by atoms with Crippen LogP contribution in [0.1, 0.15) is 12.0 Å². The fraction of sp³-hybridized carbons (Fsp3) is 0.333. The van der Waals surface area contributed by atoms with Crippen molar-refractivity contribution >= 4 is 11.8 Å². The summed E-state index contributed by atoms with van der Waals surface area (Å²) in [6.07, 6.45) is 1.78. The van der Waals surface area contributed by atoms with Crippen molar-refractivity contribution in [1.82, 2.24) is 0 Å². The molecular weight excluding hydrogens is 280 g/mol. The Balaban J connectivity index is 1.27. The van der Waals surface area contributed by atoms with Crippen molar-refractivity contribution in [3.63, 3.8) is 0 Å². The molecule has 1 fully saturated rings. The fourth-order valence-electron chi connectivity index (χ4n) is 2.24. The first kappa shape index (κ1) is 14.6. The van der Waals surface area contributed by atoms with Crippen LogP contribution in [-0.4, -0.2) is 24.6 Å². The van der Waals surface area contributed by atoms with Crippen LogP contribution < -0.4 is 0 Å². The molecule has 0 N–H and O–H groups in total. The van der Waals surface area contributed by atoms with Gasteiger partial charge in [-0.25, -0.2) is 0 Å². The molecule has 1 saturated heterocycles. The molecular formula is C18H20O2S. The first-order chi connectivity index (χ1) is 10.4. The lowest BCUT2D eigenvalue weighted by molar-refractivity contribution is 0.113. The maximum Gasteiger partial charge on any atom is 0.0936 e. The summed E-state index contributed by atoms with van der Waals surface area (Å²) in [5, 5.41) is 0. The van der Waals surface area contributed by atoms with E-state index in [1.807, 2.05) is 36.0 Å². The second kappa shape index (κ2) is 7.64. The van der Waals surface area contributed by atoms with Gasteiger partial charge < -0.3 is 9.47 Å². The zero-order valence-corrected chi connectivity index (χ0v) is 12.8. The van der Waals surface area contributed by atoms with Crippen molar-refractivity contribution in [2.75, 3.05) is 12.4 Å². The molecule has 0 saturated carbocycles. The topological polar surface area (TPSA) is 21.8 Å². The summed E-state index contributed by atoms with van der Waals surface area (Å²) in [6, 6.07) is 20.8. The van der Waals surface area contributed by atoms with Gasteiger partial charge in [0.15, 0.2) is 0 Å². The Morgan fingerprint density at radius 1 is 0.905 bits per heavy atom. The molecule has 0 aliphatic carbocycles. The molecule has 2 unspecified atom stereocenters. The number of thioether (sulfide) groups is 1. The third-order valence-corrected chi connectivity index (χ3v) is 4.60. The van der Waals surface area contributed by atoms with Crippen molar-refractivity contribution in [2.45, 2.75) is 30.1 Å². The molecule has 3 heteroatoms. The largest absolute Gasteiger partial charge is 0.377 e. The van der Waals surface area contributed by atoms with Gasteiger partial charge >= 0.3 is 0 Å². The van der Waals surface area contributed by atoms with E-state index >= 15 is 0 Å². The maximum absolute atomic E-state index is 5.69. The van der Waals surface area contributed by atoms with Crippen LogP contribution in [0.5, 0.6) is 0 Å². The molecule has 21 heavy (non-hydrogen) atoms. The molecule has 110 valence electrons. The van der Waals surface area contributed by atoms with Crippen LogP contribution in [0.3, 0.4) is 0 Å². The summed E-state index contributed by atoms with van der Waals surface area (Å²) >= 11 is 1.87. The summed E-state index contributed by atoms with van der Waals surface area (Å²) < 4.78 is 11.4. The Morgan fingerprint density at radius 3 is 2.38 bits per heavy atom. The summed E-state index contributed by atoms with van der Waals surface area (Å²) in [5.41, 5.74) is 1.23. The van der Waals surface area contributed by atoms with Gasteiger partial charge in [-0.1, -0.05) is 48.5 Å². The fourth-order valence-corrected chi connectivity index (χ4v) is 3.24. The van der Waals surface area contributed by atoms with E-state index in [-0.39, 0.29) is 0 Å². The molecule has 0 aromatic heterocycles. The number of ether oxygens (including phenoxy) is 2. The van der Waals surface area contributed by atoms with E-state index in [0.29, 0.717) is 18.8 Å². The monoisotopic (exact) mass is 300 g/mol. The van der Waals surface area contributed by atoms with Crippen molar-refractivity contribution in [3.8, 4) is 0 Å². The Bertz CT molecular complexity index is 529. The third kappa shape index (κ3) is 4.88. The van der Waals surface area contributed by atoms with Gasteiger partial charge in [0.25, 0.3) is 0 Å². The second-order valence-electron chi connectivity index (χ2n) is 5.16. The lowest BCUT2D eigenvalue weighted by atomic mass is 10.2. The summed E-state index contributed by atoms with van der Waals surface area (Å²) in [5.74, 6) is 1.04. The minimum Gasteiger partial charge on any atom is -0.377 e. The normalized spacial score (nSPS) is 20.4. The molecule has 2 atom stereocenters. The van der Waals surface area contributed by atoms with Gasteiger partial charge in [-0.05, 0) is 24.1 Å². The molecule has 2 aromatic carbocycles. The molecule has 0 spiro atoms. The number of hydrogen-bond acceptors (Lipinski definition) is 3. The highest BCUT2D eigenvalue weighted by atomic mass is 32.2. The van der Waals surface area contributed by atoms with Crippen LogP contribution >= 0.6 is 11.8 Å². The predicted octanol–water partition coefficient (Wildman–Crippen LogP) is 4.15. The number of rotatable bonds is 8. The highest BCUT2D eigenvalue weighted by Gasteiger charge is 2.37. The average Bonchev–Trinajstić information content (AvgIpc) is 3.30. The summed E-state index contributed by atoms with van der Waals surface area (Å²) in [7, 11) is 0. The lowest BCUT2D eigenvalue weighted by Gasteiger charge is -2.02. The number of hydrogen-bond donors (Lipinski definition) is 0. The van der Waals surface area contributed by atoms with E-state index in [4.69, 9.17) is 9.47 Å². The molecule has 2 nitrogen and oxygen atoms in total. The van der Waals surface area contributed by atoms with Crippen LogP contribution in [0, 0.1) is 0 Å². The van der Waals surface area contributed by atoms with Crippen LogP contribution in [0.15, 0.2) is 65.6 Å². The number of benzene rings is 2.